The van der Waals surface area contributed by atoms with Gasteiger partial charge in [0.05, 0.1) is 17.8 Å². The van der Waals surface area contributed by atoms with Crippen LogP contribution in [0.4, 0.5) is 0 Å². The van der Waals surface area contributed by atoms with Crippen molar-refractivity contribution in [1.82, 2.24) is 0 Å². The van der Waals surface area contributed by atoms with E-state index in [-0.39, 0.29) is 17.8 Å². The summed E-state index contributed by atoms with van der Waals surface area (Å²) >= 11 is 1.50. The van der Waals surface area contributed by atoms with Crippen LogP contribution in [-0.2, 0) is 9.47 Å². The zero-order valence-corrected chi connectivity index (χ0v) is 14.4. The third kappa shape index (κ3) is 4.70. The molecule has 2 N–H and O–H groups in total. The van der Waals surface area contributed by atoms with Crippen LogP contribution in [0.1, 0.15) is 31.1 Å². The van der Waals surface area contributed by atoms with E-state index in [1.165, 1.54) is 11.8 Å². The summed E-state index contributed by atoms with van der Waals surface area (Å²) in [7, 11) is 0. The second kappa shape index (κ2) is 8.15. The van der Waals surface area contributed by atoms with Crippen LogP contribution >= 0.6 is 11.8 Å². The lowest BCUT2D eigenvalue weighted by Crippen LogP contribution is -2.53. The fourth-order valence-electron chi connectivity index (χ4n) is 2.46. The quantitative estimate of drug-likeness (QED) is 0.799. The third-order valence-electron chi connectivity index (χ3n) is 3.84. The van der Waals surface area contributed by atoms with Crippen molar-refractivity contribution in [3.05, 3.63) is 35.9 Å². The van der Waals surface area contributed by atoms with Crippen LogP contribution < -0.4 is 0 Å². The van der Waals surface area contributed by atoms with Gasteiger partial charge in [0.2, 0.25) is 0 Å². The minimum atomic E-state index is -0.877. The number of rotatable bonds is 5. The number of ether oxygens (including phenoxy) is 2. The van der Waals surface area contributed by atoms with Crippen LogP contribution in [0.15, 0.2) is 30.3 Å². The second-order valence-corrected chi connectivity index (χ2v) is 7.71. The van der Waals surface area contributed by atoms with Gasteiger partial charge >= 0.3 is 5.97 Å². The molecule has 2 rings (SSSR count). The van der Waals surface area contributed by atoms with E-state index in [2.05, 4.69) is 0 Å². The Morgan fingerprint density at radius 1 is 1.26 bits per heavy atom. The number of benzene rings is 1. The van der Waals surface area contributed by atoms with E-state index in [1.54, 1.807) is 31.2 Å². The Hall–Kier alpha value is -1.08. The summed E-state index contributed by atoms with van der Waals surface area (Å²) in [6.07, 6.45) is -2.27. The maximum atomic E-state index is 12.0. The zero-order valence-electron chi connectivity index (χ0n) is 13.6. The fourth-order valence-corrected chi connectivity index (χ4v) is 3.61. The molecular weight excluding hydrogens is 316 g/mol. The summed E-state index contributed by atoms with van der Waals surface area (Å²) in [5, 5.41) is 20.8. The lowest BCUT2D eigenvalue weighted by molar-refractivity contribution is -0.178. The molecule has 6 heteroatoms. The topological polar surface area (TPSA) is 76.0 Å². The summed E-state index contributed by atoms with van der Waals surface area (Å²) < 4.78 is 11.0. The molecule has 0 spiro atoms. The summed E-state index contributed by atoms with van der Waals surface area (Å²) in [6.45, 7) is 5.76. The molecule has 0 saturated carbocycles. The van der Waals surface area contributed by atoms with Gasteiger partial charge in [0.25, 0.3) is 0 Å². The molecule has 0 aromatic heterocycles. The molecule has 0 bridgehead atoms. The van der Waals surface area contributed by atoms with Crippen molar-refractivity contribution in [1.29, 1.82) is 0 Å². The lowest BCUT2D eigenvalue weighted by atomic mass is 9.92. The number of hydrogen-bond acceptors (Lipinski definition) is 6. The highest BCUT2D eigenvalue weighted by Crippen LogP contribution is 2.33. The maximum absolute atomic E-state index is 12.0. The van der Waals surface area contributed by atoms with Gasteiger partial charge in [0.15, 0.2) is 0 Å². The van der Waals surface area contributed by atoms with Crippen molar-refractivity contribution >= 4 is 17.7 Å². The Morgan fingerprint density at radius 2 is 1.91 bits per heavy atom. The molecule has 1 fully saturated rings. The lowest BCUT2D eigenvalue weighted by Gasteiger charge is -2.41. The first-order valence-electron chi connectivity index (χ1n) is 7.79. The Labute approximate surface area is 141 Å². The highest BCUT2D eigenvalue weighted by Gasteiger charge is 2.43. The van der Waals surface area contributed by atoms with Crippen molar-refractivity contribution < 1.29 is 24.5 Å². The second-order valence-electron chi connectivity index (χ2n) is 6.03. The van der Waals surface area contributed by atoms with Crippen LogP contribution in [0.3, 0.4) is 0 Å². The van der Waals surface area contributed by atoms with E-state index in [9.17, 15) is 15.0 Å². The SMILES string of the molecule is CC(C)S[C@@H]1OC(COC(=O)c2ccccc2)[C@H](O)[C@H](C)C1O. The molecule has 1 saturated heterocycles. The number of esters is 1. The molecule has 23 heavy (non-hydrogen) atoms. The smallest absolute Gasteiger partial charge is 0.338 e. The highest BCUT2D eigenvalue weighted by molar-refractivity contribution is 8.00. The number of carbonyl (C=O) groups is 1. The zero-order chi connectivity index (χ0) is 17.0. The van der Waals surface area contributed by atoms with Crippen LogP contribution in [0.5, 0.6) is 0 Å². The van der Waals surface area contributed by atoms with E-state index in [0.29, 0.717) is 5.56 Å². The predicted octanol–water partition coefficient (Wildman–Crippen LogP) is 2.07. The number of thioether (sulfide) groups is 1. The molecule has 0 amide bonds. The van der Waals surface area contributed by atoms with Crippen LogP contribution in [0, 0.1) is 5.92 Å². The van der Waals surface area contributed by atoms with Crippen molar-refractivity contribution in [3.8, 4) is 0 Å². The summed E-state index contributed by atoms with van der Waals surface area (Å²) in [5.41, 5.74) is 0.0211. The van der Waals surface area contributed by atoms with Gasteiger partial charge in [-0.15, -0.1) is 11.8 Å². The minimum Gasteiger partial charge on any atom is -0.459 e. The molecule has 1 aromatic rings. The van der Waals surface area contributed by atoms with E-state index in [4.69, 9.17) is 9.47 Å². The minimum absolute atomic E-state index is 0.0406. The number of carbonyl (C=O) groups excluding carboxylic acids is 1. The number of aliphatic hydroxyl groups is 2. The molecule has 128 valence electrons. The molecule has 1 aliphatic rings. The van der Waals surface area contributed by atoms with Gasteiger partial charge in [-0.05, 0) is 12.1 Å². The average molecular weight is 340 g/mol. The van der Waals surface area contributed by atoms with Crippen LogP contribution in [0.2, 0.25) is 0 Å². The van der Waals surface area contributed by atoms with Crippen LogP contribution in [0.25, 0.3) is 0 Å². The van der Waals surface area contributed by atoms with Gasteiger partial charge in [-0.2, -0.15) is 0 Å². The highest BCUT2D eigenvalue weighted by atomic mass is 32.2. The Kier molecular flexibility index (Phi) is 6.47. The number of aliphatic hydroxyl groups excluding tert-OH is 2. The van der Waals surface area contributed by atoms with E-state index < -0.39 is 29.7 Å². The Balaban J connectivity index is 1.96. The maximum Gasteiger partial charge on any atom is 0.338 e. The summed E-state index contributed by atoms with van der Waals surface area (Å²) in [5.74, 6) is -0.798. The summed E-state index contributed by atoms with van der Waals surface area (Å²) in [4.78, 5) is 12.0. The van der Waals surface area contributed by atoms with Gasteiger partial charge in [-0.1, -0.05) is 39.0 Å². The van der Waals surface area contributed by atoms with Gasteiger partial charge < -0.3 is 19.7 Å². The monoisotopic (exact) mass is 340 g/mol. The first-order chi connectivity index (χ1) is 10.9. The molecule has 0 radical (unpaired) electrons. The van der Waals surface area contributed by atoms with E-state index >= 15 is 0 Å². The molecule has 1 heterocycles. The molecule has 5 nitrogen and oxygen atoms in total. The van der Waals surface area contributed by atoms with Gasteiger partial charge in [-0.25, -0.2) is 4.79 Å². The standard InChI is InChI=1S/C17H24O5S/c1-10(2)23-17-15(19)11(3)14(18)13(22-17)9-21-16(20)12-7-5-4-6-8-12/h4-8,10-11,13-15,17-19H,9H2,1-3H3/t11-,13?,14+,15?,17-/m0/s1. The van der Waals surface area contributed by atoms with Crippen molar-refractivity contribution in [2.24, 2.45) is 5.92 Å². The average Bonchev–Trinajstić information content (AvgIpc) is 2.54. The Bertz CT molecular complexity index is 507. The summed E-state index contributed by atoms with van der Waals surface area (Å²) in [6, 6.07) is 8.68. The molecular formula is C17H24O5S. The van der Waals surface area contributed by atoms with Gasteiger partial charge in [0.1, 0.15) is 18.1 Å². The van der Waals surface area contributed by atoms with E-state index in [1.807, 2.05) is 19.9 Å². The van der Waals surface area contributed by atoms with Crippen molar-refractivity contribution in [2.45, 2.75) is 49.8 Å². The first kappa shape index (κ1) is 18.3. The largest absolute Gasteiger partial charge is 0.459 e. The Morgan fingerprint density at radius 3 is 2.52 bits per heavy atom. The van der Waals surface area contributed by atoms with Crippen molar-refractivity contribution in [2.75, 3.05) is 6.61 Å². The van der Waals surface area contributed by atoms with Gasteiger partial charge in [0, 0.05) is 11.2 Å². The normalized spacial score (nSPS) is 31.1. The molecule has 2 unspecified atom stereocenters. The van der Waals surface area contributed by atoms with E-state index in [0.717, 1.165) is 0 Å². The van der Waals surface area contributed by atoms with Crippen LogP contribution in [-0.4, -0.2) is 51.8 Å². The predicted molar refractivity (Wildman–Crippen MR) is 89.3 cm³/mol. The van der Waals surface area contributed by atoms with Gasteiger partial charge in [-0.3, -0.25) is 0 Å². The molecule has 5 atom stereocenters. The molecule has 1 aliphatic heterocycles. The van der Waals surface area contributed by atoms with Crippen molar-refractivity contribution in [3.63, 3.8) is 0 Å². The molecule has 0 aliphatic carbocycles. The number of hydrogen-bond donors (Lipinski definition) is 2. The first-order valence-corrected chi connectivity index (χ1v) is 8.73. The third-order valence-corrected chi connectivity index (χ3v) is 5.04. The molecule has 1 aromatic carbocycles. The fraction of sp³-hybridized carbons (Fsp3) is 0.588.